The van der Waals surface area contributed by atoms with Gasteiger partial charge in [-0.25, -0.2) is 0 Å². The monoisotopic (exact) mass is 237 g/mol. The highest BCUT2D eigenvalue weighted by Gasteiger charge is 2.65. The quantitative estimate of drug-likeness (QED) is 0.838. The van der Waals surface area contributed by atoms with E-state index in [1.165, 1.54) is 13.3 Å². The Morgan fingerprint density at radius 3 is 2.47 bits per heavy atom. The fraction of sp³-hybridized carbons (Fsp3) is 0.667. The number of carbonyl (C=O) groups excluding carboxylic acids is 1. The predicted molar refractivity (Wildman–Crippen MR) is 64.0 cm³/mol. The van der Waals surface area contributed by atoms with E-state index in [9.17, 15) is 4.79 Å². The first-order chi connectivity index (χ1) is 7.82. The Bertz CT molecular complexity index is 434. The summed E-state index contributed by atoms with van der Waals surface area (Å²) in [6.07, 6.45) is 1.50. The van der Waals surface area contributed by atoms with Crippen molar-refractivity contribution in [1.82, 2.24) is 15.5 Å². The number of carbonyl (C=O) groups is 1. The molecule has 5 nitrogen and oxygen atoms in total. The second kappa shape index (κ2) is 3.48. The molecule has 1 aromatic rings. The van der Waals surface area contributed by atoms with Crippen molar-refractivity contribution in [3.05, 3.63) is 11.9 Å². The zero-order valence-electron chi connectivity index (χ0n) is 10.9. The number of hydrogen-bond donors (Lipinski definition) is 2. The molecule has 0 unspecified atom stereocenters. The van der Waals surface area contributed by atoms with Gasteiger partial charge in [0, 0.05) is 6.04 Å². The minimum Gasteiger partial charge on any atom is -0.493 e. The zero-order valence-corrected chi connectivity index (χ0v) is 10.9. The van der Waals surface area contributed by atoms with E-state index in [0.29, 0.717) is 11.4 Å². The molecule has 1 aliphatic rings. The Labute approximate surface area is 101 Å². The van der Waals surface area contributed by atoms with Gasteiger partial charge in [-0.15, -0.1) is 0 Å². The number of nitrogens with zero attached hydrogens (tertiary/aromatic N) is 1. The maximum Gasteiger partial charge on any atom is 0.273 e. The molecule has 0 spiro atoms. The van der Waals surface area contributed by atoms with Crippen LogP contribution in [0.2, 0.25) is 0 Å². The van der Waals surface area contributed by atoms with Crippen molar-refractivity contribution < 1.29 is 9.53 Å². The molecule has 0 bridgehead atoms. The first kappa shape index (κ1) is 12.0. The van der Waals surface area contributed by atoms with Crippen molar-refractivity contribution in [2.24, 2.45) is 10.8 Å². The van der Waals surface area contributed by atoms with Crippen molar-refractivity contribution in [2.45, 2.75) is 33.7 Å². The van der Waals surface area contributed by atoms with E-state index in [4.69, 9.17) is 4.74 Å². The van der Waals surface area contributed by atoms with Crippen LogP contribution in [0.25, 0.3) is 0 Å². The van der Waals surface area contributed by atoms with Crippen LogP contribution in [0.3, 0.4) is 0 Å². The van der Waals surface area contributed by atoms with E-state index < -0.39 is 0 Å². The number of aromatic amines is 1. The molecule has 0 aliphatic heterocycles. The van der Waals surface area contributed by atoms with Gasteiger partial charge in [0.1, 0.15) is 0 Å². The molecule has 17 heavy (non-hydrogen) atoms. The lowest BCUT2D eigenvalue weighted by Crippen LogP contribution is -2.30. The summed E-state index contributed by atoms with van der Waals surface area (Å²) in [4.78, 5) is 12.0. The fourth-order valence-electron chi connectivity index (χ4n) is 2.35. The molecular formula is C12H19N3O2. The molecule has 0 aromatic carbocycles. The number of rotatable bonds is 3. The average molecular weight is 237 g/mol. The van der Waals surface area contributed by atoms with Gasteiger partial charge in [-0.05, 0) is 10.8 Å². The molecule has 0 radical (unpaired) electrons. The second-order valence-electron chi connectivity index (χ2n) is 5.66. The number of amides is 1. The van der Waals surface area contributed by atoms with Gasteiger partial charge in [-0.1, -0.05) is 27.7 Å². The minimum absolute atomic E-state index is 0.121. The standard InChI is InChI=1S/C12H19N3O2/c1-11(2)10(12(11,3)4)14-9(16)8-7(17-5)6-13-15-8/h6,10H,1-5H3,(H,13,15)(H,14,16). The summed E-state index contributed by atoms with van der Waals surface area (Å²) >= 11 is 0. The normalized spacial score (nSPS) is 21.0. The minimum atomic E-state index is -0.164. The van der Waals surface area contributed by atoms with Crippen molar-refractivity contribution in [3.63, 3.8) is 0 Å². The zero-order chi connectivity index (χ0) is 12.8. The molecule has 0 saturated heterocycles. The maximum absolute atomic E-state index is 12.0. The van der Waals surface area contributed by atoms with Gasteiger partial charge in [0.25, 0.3) is 5.91 Å². The van der Waals surface area contributed by atoms with E-state index >= 15 is 0 Å². The predicted octanol–water partition coefficient (Wildman–Crippen LogP) is 1.58. The van der Waals surface area contributed by atoms with Crippen molar-refractivity contribution in [1.29, 1.82) is 0 Å². The Morgan fingerprint density at radius 1 is 1.41 bits per heavy atom. The molecule has 1 saturated carbocycles. The molecule has 1 heterocycles. The molecular weight excluding hydrogens is 218 g/mol. The summed E-state index contributed by atoms with van der Waals surface area (Å²) in [6, 6.07) is 0.176. The summed E-state index contributed by atoms with van der Waals surface area (Å²) < 4.78 is 5.06. The number of methoxy groups -OCH3 is 1. The third kappa shape index (κ3) is 1.61. The molecule has 1 aliphatic carbocycles. The summed E-state index contributed by atoms with van der Waals surface area (Å²) in [5, 5.41) is 9.48. The number of ether oxygens (including phenoxy) is 1. The van der Waals surface area contributed by atoms with Gasteiger partial charge < -0.3 is 10.1 Å². The van der Waals surface area contributed by atoms with Crippen LogP contribution < -0.4 is 10.1 Å². The average Bonchev–Trinajstić information content (AvgIpc) is 2.64. The SMILES string of the molecule is COc1cn[nH]c1C(=O)NC1C(C)(C)C1(C)C. The van der Waals surface area contributed by atoms with Crippen LogP contribution in [-0.2, 0) is 0 Å². The first-order valence-corrected chi connectivity index (χ1v) is 5.70. The summed E-state index contributed by atoms with van der Waals surface area (Å²) in [5.41, 5.74) is 0.622. The lowest BCUT2D eigenvalue weighted by Gasteiger charge is -2.06. The van der Waals surface area contributed by atoms with Crippen molar-refractivity contribution in [2.75, 3.05) is 7.11 Å². The van der Waals surface area contributed by atoms with Crippen molar-refractivity contribution >= 4 is 5.91 Å². The van der Waals surface area contributed by atoms with Crippen LogP contribution in [0.1, 0.15) is 38.2 Å². The van der Waals surface area contributed by atoms with Crippen LogP contribution in [0.4, 0.5) is 0 Å². The van der Waals surface area contributed by atoms with Gasteiger partial charge >= 0.3 is 0 Å². The number of aromatic nitrogens is 2. The highest BCUT2D eigenvalue weighted by atomic mass is 16.5. The van der Waals surface area contributed by atoms with Gasteiger partial charge in [0.2, 0.25) is 0 Å². The van der Waals surface area contributed by atoms with Crippen LogP contribution in [0.15, 0.2) is 6.20 Å². The van der Waals surface area contributed by atoms with Gasteiger partial charge in [-0.2, -0.15) is 5.10 Å². The fourth-order valence-corrected chi connectivity index (χ4v) is 2.35. The maximum atomic E-state index is 12.0. The molecule has 2 N–H and O–H groups in total. The largest absolute Gasteiger partial charge is 0.493 e. The van der Waals surface area contributed by atoms with Crippen LogP contribution in [0, 0.1) is 10.8 Å². The van der Waals surface area contributed by atoms with Crippen LogP contribution in [0.5, 0.6) is 5.75 Å². The number of hydrogen-bond acceptors (Lipinski definition) is 3. The highest BCUT2D eigenvalue weighted by Crippen LogP contribution is 2.62. The summed E-state index contributed by atoms with van der Waals surface area (Å²) in [6.45, 7) is 8.62. The lowest BCUT2D eigenvalue weighted by molar-refractivity contribution is 0.0935. The Kier molecular flexibility index (Phi) is 2.45. The Balaban J connectivity index is 2.10. The van der Waals surface area contributed by atoms with E-state index in [1.807, 2.05) is 0 Å². The van der Waals surface area contributed by atoms with E-state index in [0.717, 1.165) is 0 Å². The third-order valence-electron chi connectivity index (χ3n) is 4.35. The van der Waals surface area contributed by atoms with Crippen molar-refractivity contribution in [3.8, 4) is 5.75 Å². The molecule has 1 amide bonds. The topological polar surface area (TPSA) is 67.0 Å². The van der Waals surface area contributed by atoms with E-state index in [2.05, 4.69) is 43.2 Å². The highest BCUT2D eigenvalue weighted by molar-refractivity contribution is 5.95. The summed E-state index contributed by atoms with van der Waals surface area (Å²) in [7, 11) is 1.52. The van der Waals surface area contributed by atoms with Gasteiger partial charge in [0.15, 0.2) is 11.4 Å². The first-order valence-electron chi connectivity index (χ1n) is 5.70. The molecule has 94 valence electrons. The molecule has 1 aromatic heterocycles. The van der Waals surface area contributed by atoms with Gasteiger partial charge in [-0.3, -0.25) is 9.89 Å². The molecule has 0 atom stereocenters. The van der Waals surface area contributed by atoms with E-state index in [1.54, 1.807) is 0 Å². The lowest BCUT2D eigenvalue weighted by atomic mass is 10.0. The second-order valence-corrected chi connectivity index (χ2v) is 5.66. The molecule has 5 heteroatoms. The third-order valence-corrected chi connectivity index (χ3v) is 4.35. The number of H-pyrrole nitrogens is 1. The van der Waals surface area contributed by atoms with Crippen LogP contribution in [-0.4, -0.2) is 29.3 Å². The van der Waals surface area contributed by atoms with Crippen LogP contribution >= 0.6 is 0 Å². The smallest absolute Gasteiger partial charge is 0.273 e. The van der Waals surface area contributed by atoms with E-state index in [-0.39, 0.29) is 22.8 Å². The Hall–Kier alpha value is -1.52. The number of nitrogens with one attached hydrogen (secondary N) is 2. The Morgan fingerprint density at radius 2 is 2.00 bits per heavy atom. The van der Waals surface area contributed by atoms with Gasteiger partial charge in [0.05, 0.1) is 13.3 Å². The molecule has 2 rings (SSSR count). The summed E-state index contributed by atoms with van der Waals surface area (Å²) in [5.74, 6) is 0.307. The molecule has 1 fully saturated rings.